The quantitative estimate of drug-likeness (QED) is 0.495. The number of hydrogen-bond acceptors (Lipinski definition) is 4. The molecule has 1 aromatic rings. The van der Waals surface area contributed by atoms with E-state index in [1.165, 1.54) is 0 Å². The molecule has 0 fully saturated rings. The van der Waals surface area contributed by atoms with Crippen LogP contribution in [0.2, 0.25) is 0 Å². The van der Waals surface area contributed by atoms with Gasteiger partial charge in [-0.05, 0) is 31.5 Å². The van der Waals surface area contributed by atoms with Crippen LogP contribution in [0.5, 0.6) is 0 Å². The zero-order valence-electron chi connectivity index (χ0n) is 11.6. The average molecular weight is 333 g/mol. The molecule has 0 saturated heterocycles. The first-order valence-corrected chi connectivity index (χ1v) is 7.37. The number of anilines is 1. The predicted octanol–water partition coefficient (Wildman–Crippen LogP) is -1.23. The van der Waals surface area contributed by atoms with Crippen molar-refractivity contribution >= 4 is 45.4 Å². The van der Waals surface area contributed by atoms with Crippen LogP contribution in [0.1, 0.15) is 12.5 Å². The minimum absolute atomic E-state index is 0. The number of nitrogens with zero attached hydrogens (tertiary/aromatic N) is 1. The monoisotopic (exact) mass is 333 g/mol. The molecule has 9 heteroatoms. The third-order valence-corrected chi connectivity index (χ3v) is 3.39. The molecule has 0 bridgehead atoms. The first kappa shape index (κ1) is 25.7. The molecule has 0 aliphatic carbocycles. The van der Waals surface area contributed by atoms with Crippen LogP contribution in [0.15, 0.2) is 24.3 Å². The summed E-state index contributed by atoms with van der Waals surface area (Å²) in [4.78, 5) is 1.86. The van der Waals surface area contributed by atoms with Gasteiger partial charge < -0.3 is 21.0 Å². The van der Waals surface area contributed by atoms with Crippen molar-refractivity contribution in [3.05, 3.63) is 29.8 Å². The van der Waals surface area contributed by atoms with Gasteiger partial charge in [-0.2, -0.15) is 8.42 Å². The number of hydrogen-bond donors (Lipinski definition) is 2. The summed E-state index contributed by atoms with van der Waals surface area (Å²) in [6.45, 7) is 4.69. The molecule has 0 spiro atoms. The fourth-order valence-corrected chi connectivity index (χ4v) is 2.38. The van der Waals surface area contributed by atoms with E-state index in [1.807, 2.05) is 43.0 Å². The molecule has 0 heterocycles. The molecule has 120 valence electrons. The number of aliphatic hydroxyl groups excluding tert-OH is 1. The predicted molar refractivity (Wildman–Crippen MR) is 85.9 cm³/mol. The topological polar surface area (TPSA) is 141 Å². The van der Waals surface area contributed by atoms with E-state index in [0.29, 0.717) is 6.54 Å². The molecule has 0 aliphatic heterocycles. The van der Waals surface area contributed by atoms with Gasteiger partial charge >= 0.3 is 29.6 Å². The van der Waals surface area contributed by atoms with Crippen LogP contribution in [0.25, 0.3) is 0 Å². The maximum atomic E-state index is 10.7. The molecule has 0 aliphatic rings. The second kappa shape index (κ2) is 11.4. The van der Waals surface area contributed by atoms with Gasteiger partial charge in [0, 0.05) is 18.8 Å². The van der Waals surface area contributed by atoms with E-state index in [4.69, 9.17) is 4.55 Å². The summed E-state index contributed by atoms with van der Waals surface area (Å²) in [5, 5.41) is 9.64. The Morgan fingerprint density at radius 3 is 2.29 bits per heavy atom. The van der Waals surface area contributed by atoms with E-state index in [1.54, 1.807) is 0 Å². The Hall–Kier alpha value is -0.190. The molecule has 0 radical (unpaired) electrons. The van der Waals surface area contributed by atoms with Crippen LogP contribution in [0.3, 0.4) is 0 Å². The molecular weight excluding hydrogens is 309 g/mol. The molecule has 0 saturated carbocycles. The Bertz CT molecular complexity index is 496. The molecule has 1 unspecified atom stereocenters. The van der Waals surface area contributed by atoms with Crippen LogP contribution < -0.4 is 4.90 Å². The van der Waals surface area contributed by atoms with Crippen molar-refractivity contribution in [2.24, 2.45) is 0 Å². The van der Waals surface area contributed by atoms with Crippen molar-refractivity contribution in [3.8, 4) is 0 Å². The molecular formula is C12H24NNaO6S. The van der Waals surface area contributed by atoms with Gasteiger partial charge in [0.25, 0.3) is 10.1 Å². The normalized spacial score (nSPS) is 11.4. The molecule has 1 aromatic carbocycles. The van der Waals surface area contributed by atoms with Crippen molar-refractivity contribution < 1.29 is 29.0 Å². The van der Waals surface area contributed by atoms with Crippen LogP contribution in [0, 0.1) is 6.92 Å². The first-order valence-electron chi connectivity index (χ1n) is 5.76. The number of aliphatic hydroxyl groups is 1. The van der Waals surface area contributed by atoms with Gasteiger partial charge in [-0.3, -0.25) is 4.55 Å². The number of rotatable bonds is 6. The van der Waals surface area contributed by atoms with Crippen LogP contribution in [-0.2, 0) is 10.1 Å². The molecule has 1 atom stereocenters. The summed E-state index contributed by atoms with van der Waals surface area (Å²) in [5.74, 6) is -0.644. The van der Waals surface area contributed by atoms with Gasteiger partial charge in [-0.25, -0.2) is 0 Å². The van der Waals surface area contributed by atoms with Crippen molar-refractivity contribution in [3.63, 3.8) is 0 Å². The Morgan fingerprint density at radius 1 is 1.29 bits per heavy atom. The third kappa shape index (κ3) is 10.2. The molecule has 7 nitrogen and oxygen atoms in total. The second-order valence-electron chi connectivity index (χ2n) is 4.28. The van der Waals surface area contributed by atoms with E-state index in [0.717, 1.165) is 11.3 Å². The van der Waals surface area contributed by atoms with E-state index in [2.05, 4.69) is 0 Å². The van der Waals surface area contributed by atoms with Crippen molar-refractivity contribution in [1.29, 1.82) is 0 Å². The summed E-state index contributed by atoms with van der Waals surface area (Å²) in [7, 11) is -4.14. The van der Waals surface area contributed by atoms with Crippen LogP contribution in [0.4, 0.5) is 5.69 Å². The Morgan fingerprint density at radius 2 is 1.86 bits per heavy atom. The molecule has 0 aromatic heterocycles. The molecule has 1 rings (SSSR count). The van der Waals surface area contributed by atoms with Gasteiger partial charge in [-0.1, -0.05) is 12.1 Å². The van der Waals surface area contributed by atoms with Gasteiger partial charge in [0.15, 0.2) is 0 Å². The summed E-state index contributed by atoms with van der Waals surface area (Å²) in [5.41, 5.74) is 2.02. The first-order chi connectivity index (χ1) is 8.31. The van der Waals surface area contributed by atoms with Crippen LogP contribution in [-0.4, -0.2) is 83.5 Å². The Kier molecular flexibility index (Phi) is 14.0. The van der Waals surface area contributed by atoms with Crippen molar-refractivity contribution in [1.82, 2.24) is 0 Å². The Balaban J connectivity index is -0.00000108. The fraction of sp³-hybridized carbons (Fsp3) is 0.500. The Labute approximate surface area is 147 Å². The van der Waals surface area contributed by atoms with E-state index >= 15 is 0 Å². The van der Waals surface area contributed by atoms with Gasteiger partial charge in [0.2, 0.25) is 0 Å². The van der Waals surface area contributed by atoms with E-state index < -0.39 is 22.0 Å². The fourth-order valence-electron chi connectivity index (χ4n) is 1.79. The van der Waals surface area contributed by atoms with Gasteiger partial charge in [-0.15, -0.1) is 0 Å². The maximum absolute atomic E-state index is 10.7. The van der Waals surface area contributed by atoms with E-state index in [-0.39, 0.29) is 47.1 Å². The van der Waals surface area contributed by atoms with Gasteiger partial charge in [0.05, 0.1) is 6.10 Å². The zero-order valence-corrected chi connectivity index (χ0v) is 12.4. The van der Waals surface area contributed by atoms with Crippen molar-refractivity contribution in [2.45, 2.75) is 20.0 Å². The summed E-state index contributed by atoms with van der Waals surface area (Å²) in [6.07, 6.45) is -1.11. The average Bonchev–Trinajstić information content (AvgIpc) is 2.23. The van der Waals surface area contributed by atoms with E-state index in [9.17, 15) is 13.5 Å². The molecule has 6 N–H and O–H groups in total. The third-order valence-electron chi connectivity index (χ3n) is 2.58. The second-order valence-corrected chi connectivity index (χ2v) is 5.78. The summed E-state index contributed by atoms with van der Waals surface area (Å²) >= 11 is 0. The minimum atomic E-state index is -4.14. The molecule has 21 heavy (non-hydrogen) atoms. The number of likely N-dealkylation sites (N-methyl/N-ethyl adjacent to an activating group) is 1. The summed E-state index contributed by atoms with van der Waals surface area (Å²) < 4.78 is 30.0. The van der Waals surface area contributed by atoms with Crippen LogP contribution >= 0.6 is 0 Å². The number of aryl methyl sites for hydroxylation is 1. The zero-order chi connectivity index (χ0) is 13.8. The van der Waals surface area contributed by atoms with Gasteiger partial charge in [0.1, 0.15) is 5.75 Å². The van der Waals surface area contributed by atoms with Crippen molar-refractivity contribution in [2.75, 3.05) is 23.7 Å². The summed E-state index contributed by atoms with van der Waals surface area (Å²) in [6, 6.07) is 7.73. The molecule has 0 amide bonds. The SMILES string of the molecule is CCN(CC(O)CS(=O)(=O)O)c1cccc(C)c1.O.O.[NaH]. The standard InChI is InChI=1S/C12H19NO4S.Na.2H2O.H/c1-3-13(8-12(14)9-18(15,16)17)11-6-4-5-10(2)7-11;;;;/h4-7,12,14H,3,8-9H2,1-2H3,(H,15,16,17);;2*1H2;. The number of benzene rings is 1.